The van der Waals surface area contributed by atoms with Gasteiger partial charge in [-0.2, -0.15) is 8.78 Å². The van der Waals surface area contributed by atoms with Crippen molar-refractivity contribution < 1.29 is 18.0 Å². The van der Waals surface area contributed by atoms with Gasteiger partial charge in [-0.25, -0.2) is 0 Å². The van der Waals surface area contributed by atoms with Gasteiger partial charge in [0.1, 0.15) is 5.69 Å². The maximum absolute atomic E-state index is 12.9. The monoisotopic (exact) mass is 253 g/mol. The Morgan fingerprint density at radius 2 is 2.00 bits per heavy atom. The van der Waals surface area contributed by atoms with Crippen molar-refractivity contribution in [3.05, 3.63) is 42.1 Å². The summed E-state index contributed by atoms with van der Waals surface area (Å²) >= 11 is 0. The second-order valence-corrected chi connectivity index (χ2v) is 3.83. The maximum atomic E-state index is 12.9. The molecule has 18 heavy (non-hydrogen) atoms. The number of rotatable bonds is 5. The summed E-state index contributed by atoms with van der Waals surface area (Å²) in [5.74, 6) is 0.536. The van der Waals surface area contributed by atoms with Crippen molar-refractivity contribution >= 4 is 0 Å². The molecule has 0 spiro atoms. The Hall–Kier alpha value is -1.75. The maximum Gasteiger partial charge on any atom is 0.355 e. The number of alkyl halides is 2. The third-order valence-electron chi connectivity index (χ3n) is 2.46. The van der Waals surface area contributed by atoms with Crippen LogP contribution in [0.2, 0.25) is 0 Å². The average Bonchev–Trinajstić information content (AvgIpc) is 2.86. The Balaban J connectivity index is 2.03. The molecule has 96 valence electrons. The Labute approximate surface area is 103 Å². The first-order valence-electron chi connectivity index (χ1n) is 5.63. The number of hydrogen-bond donors (Lipinski definition) is 0. The molecule has 0 bridgehead atoms. The van der Waals surface area contributed by atoms with Gasteiger partial charge >= 0.3 is 6.11 Å². The van der Waals surface area contributed by atoms with E-state index in [0.29, 0.717) is 11.5 Å². The third kappa shape index (κ3) is 3.13. The van der Waals surface area contributed by atoms with Crippen LogP contribution in [0, 0.1) is 0 Å². The molecule has 0 aliphatic carbocycles. The molecule has 0 saturated carbocycles. The molecule has 0 radical (unpaired) electrons. The fourth-order valence-corrected chi connectivity index (χ4v) is 1.40. The van der Waals surface area contributed by atoms with Crippen LogP contribution in [0.4, 0.5) is 8.78 Å². The van der Waals surface area contributed by atoms with E-state index in [-0.39, 0.29) is 13.0 Å². The molecule has 0 N–H and O–H groups in total. The summed E-state index contributed by atoms with van der Waals surface area (Å²) < 4.78 is 35.3. The zero-order chi connectivity index (χ0) is 13.0. The van der Waals surface area contributed by atoms with Gasteiger partial charge in [0, 0.05) is 18.1 Å². The van der Waals surface area contributed by atoms with E-state index < -0.39 is 6.11 Å². The minimum atomic E-state index is -3.12. The van der Waals surface area contributed by atoms with Crippen molar-refractivity contribution in [2.75, 3.05) is 0 Å². The van der Waals surface area contributed by atoms with E-state index in [1.807, 2.05) is 30.3 Å². The summed E-state index contributed by atoms with van der Waals surface area (Å²) in [5, 5.41) is 3.70. The van der Waals surface area contributed by atoms with Crippen molar-refractivity contribution in [3.63, 3.8) is 0 Å². The summed E-state index contributed by atoms with van der Waals surface area (Å²) in [6, 6.07) is 10.9. The number of benzene rings is 1. The standard InChI is InChI=1S/C13H13F2NO2/c1-2-13(14,15)17-9-11-8-12(18-16-11)10-6-4-3-5-7-10/h3-8H,2,9H2,1H3. The van der Waals surface area contributed by atoms with Crippen LogP contribution in [0.25, 0.3) is 11.3 Å². The summed E-state index contributed by atoms with van der Waals surface area (Å²) in [6.07, 6.45) is -3.48. The molecule has 0 unspecified atom stereocenters. The predicted molar refractivity (Wildman–Crippen MR) is 62.0 cm³/mol. The molecule has 3 nitrogen and oxygen atoms in total. The molecule has 1 heterocycles. The largest absolute Gasteiger partial charge is 0.356 e. The van der Waals surface area contributed by atoms with E-state index in [9.17, 15) is 8.78 Å². The fraction of sp³-hybridized carbons (Fsp3) is 0.308. The van der Waals surface area contributed by atoms with Gasteiger partial charge in [0.2, 0.25) is 0 Å². The van der Waals surface area contributed by atoms with Crippen LogP contribution in [-0.2, 0) is 11.3 Å². The Bertz CT molecular complexity index is 497. The SMILES string of the molecule is CCC(F)(F)OCc1cc(-c2ccccc2)on1. The molecule has 5 heteroatoms. The second-order valence-electron chi connectivity index (χ2n) is 3.83. The number of nitrogens with zero attached hydrogens (tertiary/aromatic N) is 1. The second kappa shape index (κ2) is 5.27. The van der Waals surface area contributed by atoms with Gasteiger partial charge in [-0.05, 0) is 0 Å². The van der Waals surface area contributed by atoms with Crippen LogP contribution in [0.3, 0.4) is 0 Å². The minimum Gasteiger partial charge on any atom is -0.356 e. The molecule has 0 fully saturated rings. The van der Waals surface area contributed by atoms with Gasteiger partial charge in [0.25, 0.3) is 0 Å². The molecule has 0 amide bonds. The smallest absolute Gasteiger partial charge is 0.355 e. The van der Waals surface area contributed by atoms with Crippen LogP contribution in [-0.4, -0.2) is 11.3 Å². The molecule has 1 aromatic carbocycles. The first kappa shape index (κ1) is 12.7. The van der Waals surface area contributed by atoms with Gasteiger partial charge in [0.15, 0.2) is 5.76 Å². The molecule has 2 rings (SSSR count). The molecular formula is C13H13F2NO2. The first-order valence-corrected chi connectivity index (χ1v) is 5.63. The van der Waals surface area contributed by atoms with Crippen LogP contribution in [0.15, 0.2) is 40.9 Å². The van der Waals surface area contributed by atoms with Crippen LogP contribution >= 0.6 is 0 Å². The lowest BCUT2D eigenvalue weighted by atomic mass is 10.2. The lowest BCUT2D eigenvalue weighted by Gasteiger charge is -2.12. The van der Waals surface area contributed by atoms with Crippen molar-refractivity contribution in [1.82, 2.24) is 5.16 Å². The van der Waals surface area contributed by atoms with Gasteiger partial charge < -0.3 is 9.26 Å². The lowest BCUT2D eigenvalue weighted by molar-refractivity contribution is -0.247. The predicted octanol–water partition coefficient (Wildman–Crippen LogP) is 3.86. The molecule has 0 aliphatic rings. The van der Waals surface area contributed by atoms with Gasteiger partial charge in [-0.1, -0.05) is 42.4 Å². The van der Waals surface area contributed by atoms with E-state index in [0.717, 1.165) is 5.56 Å². The van der Waals surface area contributed by atoms with Crippen LogP contribution in [0.1, 0.15) is 19.0 Å². The summed E-state index contributed by atoms with van der Waals surface area (Å²) in [4.78, 5) is 0. The molecule has 2 aromatic rings. The Kier molecular flexibility index (Phi) is 3.72. The van der Waals surface area contributed by atoms with E-state index in [1.54, 1.807) is 6.07 Å². The van der Waals surface area contributed by atoms with Crippen LogP contribution in [0.5, 0.6) is 0 Å². The number of ether oxygens (including phenoxy) is 1. The van der Waals surface area contributed by atoms with Crippen molar-refractivity contribution in [2.24, 2.45) is 0 Å². The number of aromatic nitrogens is 1. The number of hydrogen-bond acceptors (Lipinski definition) is 3. The summed E-state index contributed by atoms with van der Waals surface area (Å²) in [7, 11) is 0. The van der Waals surface area contributed by atoms with Crippen molar-refractivity contribution in [3.8, 4) is 11.3 Å². The van der Waals surface area contributed by atoms with E-state index in [4.69, 9.17) is 4.52 Å². The lowest BCUT2D eigenvalue weighted by Crippen LogP contribution is -2.18. The Morgan fingerprint density at radius 1 is 1.28 bits per heavy atom. The fourth-order valence-electron chi connectivity index (χ4n) is 1.40. The average molecular weight is 253 g/mol. The van der Waals surface area contributed by atoms with Gasteiger partial charge in [-0.3, -0.25) is 0 Å². The highest BCUT2D eigenvalue weighted by molar-refractivity contribution is 5.56. The van der Waals surface area contributed by atoms with Crippen molar-refractivity contribution in [1.29, 1.82) is 0 Å². The normalized spacial score (nSPS) is 11.7. The van der Waals surface area contributed by atoms with Crippen molar-refractivity contribution in [2.45, 2.75) is 26.1 Å². The highest BCUT2D eigenvalue weighted by Gasteiger charge is 2.27. The first-order chi connectivity index (χ1) is 8.61. The molecule has 0 atom stereocenters. The zero-order valence-corrected chi connectivity index (χ0v) is 9.90. The molecule has 1 aromatic heterocycles. The van der Waals surface area contributed by atoms with E-state index in [1.165, 1.54) is 6.92 Å². The molecule has 0 aliphatic heterocycles. The summed E-state index contributed by atoms with van der Waals surface area (Å²) in [6.45, 7) is 1.09. The third-order valence-corrected chi connectivity index (χ3v) is 2.46. The number of halogens is 2. The minimum absolute atomic E-state index is 0.267. The topological polar surface area (TPSA) is 35.3 Å². The summed E-state index contributed by atoms with van der Waals surface area (Å²) in [5.41, 5.74) is 1.19. The van der Waals surface area contributed by atoms with Crippen LogP contribution < -0.4 is 0 Å². The van der Waals surface area contributed by atoms with E-state index >= 15 is 0 Å². The van der Waals surface area contributed by atoms with Gasteiger partial charge in [-0.15, -0.1) is 0 Å². The zero-order valence-electron chi connectivity index (χ0n) is 9.90. The van der Waals surface area contributed by atoms with Gasteiger partial charge in [0.05, 0.1) is 6.61 Å². The Morgan fingerprint density at radius 3 is 2.67 bits per heavy atom. The highest BCUT2D eigenvalue weighted by Crippen LogP contribution is 2.23. The molecular weight excluding hydrogens is 240 g/mol. The molecule has 0 saturated heterocycles. The highest BCUT2D eigenvalue weighted by atomic mass is 19.3. The quantitative estimate of drug-likeness (QED) is 0.811. The van der Waals surface area contributed by atoms with E-state index in [2.05, 4.69) is 9.89 Å².